The van der Waals surface area contributed by atoms with Crippen LogP contribution in [-0.2, 0) is 9.59 Å². The maximum Gasteiger partial charge on any atom is 0.323 e. The zero-order valence-corrected chi connectivity index (χ0v) is 9.24. The summed E-state index contributed by atoms with van der Waals surface area (Å²) in [6, 6.07) is 0. The number of nitrogens with zero attached hydrogens (tertiary/aromatic N) is 1. The maximum atomic E-state index is 11.9. The fourth-order valence-corrected chi connectivity index (χ4v) is 2.12. The lowest BCUT2D eigenvalue weighted by Gasteiger charge is -2.27. The first-order valence-electron chi connectivity index (χ1n) is 5.65. The first-order chi connectivity index (χ1) is 7.15. The number of hydrogen-bond acceptors (Lipinski definition) is 2. The van der Waals surface area contributed by atoms with Gasteiger partial charge in [-0.05, 0) is 19.8 Å². The van der Waals surface area contributed by atoms with E-state index in [1.54, 1.807) is 0 Å². The van der Waals surface area contributed by atoms with Crippen molar-refractivity contribution in [1.29, 1.82) is 0 Å². The topological polar surface area (TPSA) is 57.6 Å². The fourth-order valence-electron chi connectivity index (χ4n) is 2.12. The Morgan fingerprint density at radius 2 is 1.87 bits per heavy atom. The number of hydrogen-bond donors (Lipinski definition) is 1. The molecule has 1 saturated carbocycles. The summed E-state index contributed by atoms with van der Waals surface area (Å²) in [6.45, 7) is 2.15. The number of carboxylic acid groups (broad SMARTS) is 1. The highest BCUT2D eigenvalue weighted by Gasteiger charge is 2.25. The van der Waals surface area contributed by atoms with Gasteiger partial charge in [0.05, 0.1) is 0 Å². The summed E-state index contributed by atoms with van der Waals surface area (Å²) in [5.41, 5.74) is 0. The third-order valence-electron chi connectivity index (χ3n) is 2.97. The van der Waals surface area contributed by atoms with Gasteiger partial charge in [0.15, 0.2) is 0 Å². The Bertz CT molecular complexity index is 234. The molecule has 0 aromatic carbocycles. The lowest BCUT2D eigenvalue weighted by Crippen LogP contribution is -2.40. The highest BCUT2D eigenvalue weighted by Crippen LogP contribution is 2.25. The zero-order chi connectivity index (χ0) is 11.3. The van der Waals surface area contributed by atoms with Gasteiger partial charge >= 0.3 is 5.97 Å². The van der Waals surface area contributed by atoms with Crippen molar-refractivity contribution in [3.8, 4) is 0 Å². The van der Waals surface area contributed by atoms with E-state index in [0.29, 0.717) is 6.54 Å². The summed E-state index contributed by atoms with van der Waals surface area (Å²) in [6.07, 6.45) is 5.25. The van der Waals surface area contributed by atoms with E-state index in [9.17, 15) is 9.59 Å². The number of carboxylic acids is 1. The van der Waals surface area contributed by atoms with E-state index >= 15 is 0 Å². The Balaban J connectivity index is 2.50. The van der Waals surface area contributed by atoms with Gasteiger partial charge in [-0.15, -0.1) is 0 Å². The third-order valence-corrected chi connectivity index (χ3v) is 2.97. The Morgan fingerprint density at radius 1 is 1.27 bits per heavy atom. The van der Waals surface area contributed by atoms with Crippen LogP contribution in [0, 0.1) is 5.92 Å². The minimum Gasteiger partial charge on any atom is -0.480 e. The number of rotatable bonds is 4. The van der Waals surface area contributed by atoms with Gasteiger partial charge in [-0.3, -0.25) is 9.59 Å². The van der Waals surface area contributed by atoms with Crippen molar-refractivity contribution >= 4 is 11.9 Å². The molecule has 4 nitrogen and oxygen atoms in total. The Labute approximate surface area is 90.3 Å². The number of amides is 1. The smallest absolute Gasteiger partial charge is 0.323 e. The molecule has 0 bridgehead atoms. The average molecular weight is 213 g/mol. The summed E-state index contributed by atoms with van der Waals surface area (Å²) in [5, 5.41) is 8.67. The minimum absolute atomic E-state index is 0.0274. The van der Waals surface area contributed by atoms with E-state index in [2.05, 4.69) is 0 Å². The second-order valence-electron chi connectivity index (χ2n) is 4.08. The van der Waals surface area contributed by atoms with Crippen LogP contribution in [0.3, 0.4) is 0 Å². The molecule has 0 atom stereocenters. The van der Waals surface area contributed by atoms with Gasteiger partial charge in [0, 0.05) is 12.5 Å². The van der Waals surface area contributed by atoms with Crippen LogP contribution in [0.1, 0.15) is 39.0 Å². The molecule has 0 unspecified atom stereocenters. The van der Waals surface area contributed by atoms with E-state index in [1.807, 2.05) is 6.92 Å². The van der Waals surface area contributed by atoms with Crippen molar-refractivity contribution in [3.63, 3.8) is 0 Å². The standard InChI is InChI=1S/C11H19NO3/c1-2-12(8-10(13)14)11(15)9-6-4-3-5-7-9/h9H,2-8H2,1H3,(H,13,14). The molecule has 1 aliphatic carbocycles. The van der Waals surface area contributed by atoms with Crippen molar-refractivity contribution in [2.45, 2.75) is 39.0 Å². The molecule has 1 rings (SSSR count). The van der Waals surface area contributed by atoms with Gasteiger partial charge in [-0.2, -0.15) is 0 Å². The summed E-state index contributed by atoms with van der Waals surface area (Å²) in [5.74, 6) is -0.835. The minimum atomic E-state index is -0.930. The van der Waals surface area contributed by atoms with Crippen LogP contribution in [0.15, 0.2) is 0 Å². The molecule has 0 aliphatic heterocycles. The average Bonchev–Trinajstić information content (AvgIpc) is 2.26. The Kier molecular flexibility index (Phi) is 4.59. The lowest BCUT2D eigenvalue weighted by molar-refractivity contribution is -0.146. The van der Waals surface area contributed by atoms with E-state index < -0.39 is 5.97 Å². The predicted octanol–water partition coefficient (Wildman–Crippen LogP) is 1.50. The molecular weight excluding hydrogens is 194 g/mol. The zero-order valence-electron chi connectivity index (χ0n) is 9.24. The van der Waals surface area contributed by atoms with Crippen molar-refractivity contribution in [2.75, 3.05) is 13.1 Å². The Hall–Kier alpha value is -1.06. The van der Waals surface area contributed by atoms with Crippen LogP contribution in [0.4, 0.5) is 0 Å². The van der Waals surface area contributed by atoms with Crippen LogP contribution in [0.2, 0.25) is 0 Å². The molecular formula is C11H19NO3. The molecule has 4 heteroatoms. The van der Waals surface area contributed by atoms with E-state index in [1.165, 1.54) is 11.3 Å². The maximum absolute atomic E-state index is 11.9. The SMILES string of the molecule is CCN(CC(=O)O)C(=O)C1CCCCC1. The molecule has 15 heavy (non-hydrogen) atoms. The van der Waals surface area contributed by atoms with Gasteiger partial charge in [0.25, 0.3) is 0 Å². The number of carbonyl (C=O) groups is 2. The van der Waals surface area contributed by atoms with Crippen LogP contribution in [-0.4, -0.2) is 35.0 Å². The van der Waals surface area contributed by atoms with Gasteiger partial charge in [0.1, 0.15) is 6.54 Å². The Morgan fingerprint density at radius 3 is 2.33 bits per heavy atom. The number of aliphatic carboxylic acids is 1. The molecule has 0 radical (unpaired) electrons. The van der Waals surface area contributed by atoms with Crippen molar-refractivity contribution in [1.82, 2.24) is 4.90 Å². The second-order valence-corrected chi connectivity index (χ2v) is 4.08. The summed E-state index contributed by atoms with van der Waals surface area (Å²) >= 11 is 0. The first kappa shape index (κ1) is 12.0. The summed E-state index contributed by atoms with van der Waals surface area (Å²) < 4.78 is 0. The molecule has 1 aliphatic rings. The van der Waals surface area contributed by atoms with Gasteiger partial charge in [-0.25, -0.2) is 0 Å². The van der Waals surface area contributed by atoms with Crippen molar-refractivity contribution < 1.29 is 14.7 Å². The molecule has 0 spiro atoms. The molecule has 1 amide bonds. The largest absolute Gasteiger partial charge is 0.480 e. The number of carbonyl (C=O) groups excluding carboxylic acids is 1. The van der Waals surface area contributed by atoms with Crippen molar-refractivity contribution in [3.05, 3.63) is 0 Å². The van der Waals surface area contributed by atoms with E-state index in [-0.39, 0.29) is 18.4 Å². The quantitative estimate of drug-likeness (QED) is 0.770. The summed E-state index contributed by atoms with van der Waals surface area (Å²) in [4.78, 5) is 23.9. The normalized spacial score (nSPS) is 17.4. The molecule has 86 valence electrons. The molecule has 0 heterocycles. The monoisotopic (exact) mass is 213 g/mol. The van der Waals surface area contributed by atoms with Crippen LogP contribution >= 0.6 is 0 Å². The van der Waals surface area contributed by atoms with Crippen LogP contribution in [0.25, 0.3) is 0 Å². The molecule has 0 saturated heterocycles. The highest BCUT2D eigenvalue weighted by molar-refractivity contribution is 5.83. The van der Waals surface area contributed by atoms with Crippen LogP contribution in [0.5, 0.6) is 0 Å². The lowest BCUT2D eigenvalue weighted by atomic mass is 9.88. The van der Waals surface area contributed by atoms with E-state index in [4.69, 9.17) is 5.11 Å². The summed E-state index contributed by atoms with van der Waals surface area (Å²) in [7, 11) is 0. The predicted molar refractivity (Wildman–Crippen MR) is 56.5 cm³/mol. The van der Waals surface area contributed by atoms with E-state index in [0.717, 1.165) is 25.7 Å². The van der Waals surface area contributed by atoms with Gasteiger partial charge < -0.3 is 10.0 Å². The molecule has 1 N–H and O–H groups in total. The fraction of sp³-hybridized carbons (Fsp3) is 0.818. The highest BCUT2D eigenvalue weighted by atomic mass is 16.4. The van der Waals surface area contributed by atoms with Crippen molar-refractivity contribution in [2.24, 2.45) is 5.92 Å². The molecule has 0 aromatic rings. The number of likely N-dealkylation sites (N-methyl/N-ethyl adjacent to an activating group) is 1. The molecule has 0 aromatic heterocycles. The van der Waals surface area contributed by atoms with Gasteiger partial charge in [0.2, 0.25) is 5.91 Å². The first-order valence-corrected chi connectivity index (χ1v) is 5.65. The van der Waals surface area contributed by atoms with Crippen LogP contribution < -0.4 is 0 Å². The second kappa shape index (κ2) is 5.73. The van der Waals surface area contributed by atoms with Gasteiger partial charge in [-0.1, -0.05) is 19.3 Å². The molecule has 1 fully saturated rings. The third kappa shape index (κ3) is 3.53.